The van der Waals surface area contributed by atoms with Gasteiger partial charge in [0.1, 0.15) is 0 Å². The number of aliphatic hydroxyl groups is 2. The van der Waals surface area contributed by atoms with Crippen LogP contribution in [0, 0.1) is 10.1 Å². The second-order valence-electron chi connectivity index (χ2n) is 4.56. The van der Waals surface area contributed by atoms with E-state index >= 15 is 0 Å². The minimum absolute atomic E-state index is 0.0494. The Morgan fingerprint density at radius 1 is 1.35 bits per heavy atom. The number of rotatable bonds is 3. The average molecular weight is 278 g/mol. The van der Waals surface area contributed by atoms with Gasteiger partial charge in [-0.15, -0.1) is 0 Å². The molecule has 20 heavy (non-hydrogen) atoms. The van der Waals surface area contributed by atoms with Gasteiger partial charge in [-0.2, -0.15) is 0 Å². The molecule has 0 aliphatic carbocycles. The molecule has 106 valence electrons. The van der Waals surface area contributed by atoms with Crippen molar-refractivity contribution in [3.8, 4) is 0 Å². The fourth-order valence-electron chi connectivity index (χ4n) is 1.96. The standard InChI is InChI=1S/C13H14N2O5/c16-11-7-14(8-12(11)17)13(18)5-4-9-2-1-3-10(6-9)15(19)20/h1-6,11-12,16-17H,7-8H2/t11-,12+. The Hall–Kier alpha value is -2.25. The molecule has 0 bridgehead atoms. The van der Waals surface area contributed by atoms with Crippen molar-refractivity contribution in [1.82, 2.24) is 4.90 Å². The van der Waals surface area contributed by atoms with E-state index in [0.717, 1.165) is 0 Å². The van der Waals surface area contributed by atoms with Gasteiger partial charge in [0, 0.05) is 31.3 Å². The largest absolute Gasteiger partial charge is 0.388 e. The van der Waals surface area contributed by atoms with E-state index in [1.54, 1.807) is 6.07 Å². The summed E-state index contributed by atoms with van der Waals surface area (Å²) in [6, 6.07) is 5.90. The van der Waals surface area contributed by atoms with Crippen LogP contribution in [-0.2, 0) is 4.79 Å². The smallest absolute Gasteiger partial charge is 0.270 e. The zero-order valence-corrected chi connectivity index (χ0v) is 10.5. The Bertz CT molecular complexity index is 547. The Kier molecular flexibility index (Phi) is 4.11. The maximum absolute atomic E-state index is 11.8. The molecule has 1 heterocycles. The number of likely N-dealkylation sites (tertiary alicyclic amines) is 1. The molecule has 1 amide bonds. The first-order chi connectivity index (χ1) is 9.47. The number of hydrogen-bond acceptors (Lipinski definition) is 5. The maximum atomic E-state index is 11.8. The van der Waals surface area contributed by atoms with Crippen LogP contribution in [0.25, 0.3) is 6.08 Å². The number of amides is 1. The lowest BCUT2D eigenvalue weighted by atomic mass is 10.2. The summed E-state index contributed by atoms with van der Waals surface area (Å²) in [5.41, 5.74) is 0.486. The van der Waals surface area contributed by atoms with Crippen LogP contribution < -0.4 is 0 Å². The normalized spacial score (nSPS) is 22.4. The number of non-ortho nitro benzene ring substituents is 1. The van der Waals surface area contributed by atoms with E-state index in [1.807, 2.05) is 0 Å². The molecule has 2 atom stereocenters. The molecule has 1 saturated heterocycles. The fourth-order valence-corrected chi connectivity index (χ4v) is 1.96. The first kappa shape index (κ1) is 14.2. The summed E-state index contributed by atoms with van der Waals surface area (Å²) >= 11 is 0. The third-order valence-corrected chi connectivity index (χ3v) is 3.07. The first-order valence-corrected chi connectivity index (χ1v) is 6.05. The highest BCUT2D eigenvalue weighted by atomic mass is 16.6. The van der Waals surface area contributed by atoms with Crippen LogP contribution in [0.4, 0.5) is 5.69 Å². The molecule has 0 saturated carbocycles. The van der Waals surface area contributed by atoms with Gasteiger partial charge in [-0.1, -0.05) is 12.1 Å². The van der Waals surface area contributed by atoms with Crippen molar-refractivity contribution in [3.63, 3.8) is 0 Å². The second-order valence-corrected chi connectivity index (χ2v) is 4.56. The highest BCUT2D eigenvalue weighted by molar-refractivity contribution is 5.92. The molecular weight excluding hydrogens is 264 g/mol. The summed E-state index contributed by atoms with van der Waals surface area (Å²) in [5, 5.41) is 29.3. The van der Waals surface area contributed by atoms with Crippen LogP contribution in [0.1, 0.15) is 5.56 Å². The first-order valence-electron chi connectivity index (χ1n) is 6.05. The zero-order valence-electron chi connectivity index (χ0n) is 10.5. The molecule has 0 unspecified atom stereocenters. The average Bonchev–Trinajstić information content (AvgIpc) is 2.76. The zero-order chi connectivity index (χ0) is 14.7. The molecule has 1 aliphatic rings. The number of carbonyl (C=O) groups is 1. The molecular formula is C13H14N2O5. The van der Waals surface area contributed by atoms with E-state index in [0.29, 0.717) is 5.56 Å². The molecule has 2 N–H and O–H groups in total. The van der Waals surface area contributed by atoms with Gasteiger partial charge in [-0.25, -0.2) is 0 Å². The summed E-state index contributed by atoms with van der Waals surface area (Å²) in [6.07, 6.45) is 0.881. The predicted molar refractivity (Wildman–Crippen MR) is 70.7 cm³/mol. The van der Waals surface area contributed by atoms with Gasteiger partial charge in [0.25, 0.3) is 5.69 Å². The minimum Gasteiger partial charge on any atom is -0.388 e. The molecule has 1 fully saturated rings. The van der Waals surface area contributed by atoms with Crippen molar-refractivity contribution in [1.29, 1.82) is 0 Å². The number of aliphatic hydroxyl groups excluding tert-OH is 2. The Balaban J connectivity index is 2.04. The van der Waals surface area contributed by atoms with Gasteiger partial charge in [0.05, 0.1) is 17.1 Å². The van der Waals surface area contributed by atoms with Gasteiger partial charge >= 0.3 is 0 Å². The summed E-state index contributed by atoms with van der Waals surface area (Å²) in [4.78, 5) is 23.2. The van der Waals surface area contributed by atoms with E-state index in [4.69, 9.17) is 0 Å². The van der Waals surface area contributed by atoms with Crippen LogP contribution in [0.2, 0.25) is 0 Å². The van der Waals surface area contributed by atoms with E-state index in [2.05, 4.69) is 0 Å². The summed E-state index contributed by atoms with van der Waals surface area (Å²) in [5.74, 6) is -0.355. The molecule has 1 aromatic rings. The van der Waals surface area contributed by atoms with Crippen LogP contribution >= 0.6 is 0 Å². The van der Waals surface area contributed by atoms with Crippen LogP contribution in [-0.4, -0.2) is 51.2 Å². The van der Waals surface area contributed by atoms with Crippen molar-refractivity contribution >= 4 is 17.7 Å². The number of nitro groups is 1. The number of β-amino-alcohol motifs (C(OH)–C–C–N with tert-alkyl or cyclic N) is 2. The molecule has 7 nitrogen and oxygen atoms in total. The van der Waals surface area contributed by atoms with Crippen molar-refractivity contribution in [2.24, 2.45) is 0 Å². The second kappa shape index (κ2) is 5.81. The van der Waals surface area contributed by atoms with E-state index < -0.39 is 17.1 Å². The van der Waals surface area contributed by atoms with Crippen molar-refractivity contribution < 1.29 is 19.9 Å². The van der Waals surface area contributed by atoms with Crippen molar-refractivity contribution in [2.45, 2.75) is 12.2 Å². The van der Waals surface area contributed by atoms with Crippen molar-refractivity contribution in [2.75, 3.05) is 13.1 Å². The minimum atomic E-state index is -0.926. The molecule has 7 heteroatoms. The van der Waals surface area contributed by atoms with Gasteiger partial charge < -0.3 is 15.1 Å². The number of nitro benzene ring substituents is 1. The number of hydrogen-bond donors (Lipinski definition) is 2. The van der Waals surface area contributed by atoms with Crippen molar-refractivity contribution in [3.05, 3.63) is 46.0 Å². The Morgan fingerprint density at radius 2 is 2.00 bits per heavy atom. The van der Waals surface area contributed by atoms with Gasteiger partial charge in [-0.05, 0) is 11.6 Å². The molecule has 0 radical (unpaired) electrons. The number of carbonyl (C=O) groups excluding carboxylic acids is 1. The van der Waals surface area contributed by atoms with E-state index in [9.17, 15) is 25.1 Å². The topological polar surface area (TPSA) is 104 Å². The molecule has 0 spiro atoms. The lowest BCUT2D eigenvalue weighted by Crippen LogP contribution is -2.27. The molecule has 1 aliphatic heterocycles. The lowest BCUT2D eigenvalue weighted by Gasteiger charge is -2.11. The summed E-state index contributed by atoms with van der Waals surface area (Å²) in [6.45, 7) is 0.165. The fraction of sp³-hybridized carbons (Fsp3) is 0.308. The van der Waals surface area contributed by atoms with Crippen LogP contribution in [0.15, 0.2) is 30.3 Å². The Labute approximate surface area is 114 Å². The summed E-state index contributed by atoms with van der Waals surface area (Å²) < 4.78 is 0. The third-order valence-electron chi connectivity index (χ3n) is 3.07. The molecule has 2 rings (SSSR count). The number of benzene rings is 1. The number of nitrogens with zero attached hydrogens (tertiary/aromatic N) is 2. The monoisotopic (exact) mass is 278 g/mol. The van der Waals surface area contributed by atoms with Crippen LogP contribution in [0.5, 0.6) is 0 Å². The van der Waals surface area contributed by atoms with Gasteiger partial charge in [-0.3, -0.25) is 14.9 Å². The van der Waals surface area contributed by atoms with E-state index in [-0.39, 0.29) is 24.7 Å². The predicted octanol–water partition coefficient (Wildman–Crippen LogP) is 0.172. The highest BCUT2D eigenvalue weighted by Gasteiger charge is 2.31. The Morgan fingerprint density at radius 3 is 2.60 bits per heavy atom. The maximum Gasteiger partial charge on any atom is 0.270 e. The SMILES string of the molecule is O=C(C=Cc1cccc([N+](=O)[O-])c1)N1C[C@@H](O)[C@@H](O)C1. The van der Waals surface area contributed by atoms with Gasteiger partial charge in [0.2, 0.25) is 5.91 Å². The van der Waals surface area contributed by atoms with Crippen LogP contribution in [0.3, 0.4) is 0 Å². The molecule has 1 aromatic carbocycles. The van der Waals surface area contributed by atoms with Gasteiger partial charge in [0.15, 0.2) is 0 Å². The third kappa shape index (κ3) is 3.19. The molecule has 0 aromatic heterocycles. The lowest BCUT2D eigenvalue weighted by molar-refractivity contribution is -0.384. The summed E-state index contributed by atoms with van der Waals surface area (Å²) in [7, 11) is 0. The highest BCUT2D eigenvalue weighted by Crippen LogP contribution is 2.15. The van der Waals surface area contributed by atoms with E-state index in [1.165, 1.54) is 35.3 Å². The quantitative estimate of drug-likeness (QED) is 0.466.